The van der Waals surface area contributed by atoms with E-state index in [4.69, 9.17) is 5.11 Å². The van der Waals surface area contributed by atoms with Crippen LogP contribution in [-0.2, 0) is 6.42 Å². The van der Waals surface area contributed by atoms with Crippen LogP contribution in [0.25, 0.3) is 10.9 Å². The highest BCUT2D eigenvalue weighted by molar-refractivity contribution is 6.14. The Labute approximate surface area is 98.3 Å². The van der Waals surface area contributed by atoms with Crippen molar-refractivity contribution in [3.8, 4) is 0 Å². The number of nitrogens with one attached hydrogen (secondary N) is 1. The van der Waals surface area contributed by atoms with Crippen molar-refractivity contribution in [3.05, 3.63) is 35.0 Å². The number of aryl methyl sites for hydroxylation is 1. The molecule has 0 unspecified atom stereocenters. The van der Waals surface area contributed by atoms with Gasteiger partial charge < -0.3 is 10.1 Å². The maximum absolute atomic E-state index is 11.6. The number of carboxylic acids is 1. The second-order valence-electron chi connectivity index (χ2n) is 3.97. The summed E-state index contributed by atoms with van der Waals surface area (Å²) >= 11 is 0. The van der Waals surface area contributed by atoms with Gasteiger partial charge in [0.2, 0.25) is 0 Å². The van der Waals surface area contributed by atoms with Gasteiger partial charge in [-0.15, -0.1) is 0 Å². The molecule has 4 nitrogen and oxygen atoms in total. The summed E-state index contributed by atoms with van der Waals surface area (Å²) in [5, 5.41) is 9.75. The van der Waals surface area contributed by atoms with Gasteiger partial charge in [-0.05, 0) is 31.0 Å². The van der Waals surface area contributed by atoms with E-state index in [1.165, 1.54) is 6.92 Å². The van der Waals surface area contributed by atoms with Crippen molar-refractivity contribution in [2.45, 2.75) is 20.3 Å². The number of H-pyrrole nitrogens is 1. The molecule has 4 heteroatoms. The number of Topliss-reactive ketones (excluding diaryl/α,β-unsaturated/α-hetero) is 1. The number of ketones is 1. The first kappa shape index (κ1) is 11.4. The molecule has 0 saturated carbocycles. The van der Waals surface area contributed by atoms with E-state index in [9.17, 15) is 9.59 Å². The molecule has 1 aromatic carbocycles. The van der Waals surface area contributed by atoms with E-state index >= 15 is 0 Å². The summed E-state index contributed by atoms with van der Waals surface area (Å²) in [6.45, 7) is 3.40. The maximum atomic E-state index is 11.6. The van der Waals surface area contributed by atoms with Crippen molar-refractivity contribution in [2.75, 3.05) is 0 Å². The third kappa shape index (κ3) is 1.82. The monoisotopic (exact) mass is 231 g/mol. The van der Waals surface area contributed by atoms with E-state index in [0.29, 0.717) is 10.9 Å². The van der Waals surface area contributed by atoms with Crippen molar-refractivity contribution in [2.24, 2.45) is 0 Å². The number of aromatic nitrogens is 1. The molecular formula is C13H13NO3. The lowest BCUT2D eigenvalue weighted by molar-refractivity contribution is 0.0687. The van der Waals surface area contributed by atoms with E-state index in [2.05, 4.69) is 4.98 Å². The van der Waals surface area contributed by atoms with Crippen molar-refractivity contribution in [1.82, 2.24) is 4.98 Å². The fourth-order valence-corrected chi connectivity index (χ4v) is 1.99. The predicted molar refractivity (Wildman–Crippen MR) is 64.6 cm³/mol. The minimum atomic E-state index is -1.11. The molecule has 0 fully saturated rings. The van der Waals surface area contributed by atoms with Crippen molar-refractivity contribution >= 4 is 22.7 Å². The van der Waals surface area contributed by atoms with Crippen molar-refractivity contribution < 1.29 is 14.7 Å². The summed E-state index contributed by atoms with van der Waals surface area (Å²) in [5.41, 5.74) is 2.00. The average Bonchev–Trinajstić information content (AvgIpc) is 2.66. The first-order valence-corrected chi connectivity index (χ1v) is 5.43. The molecule has 0 aliphatic rings. The molecule has 2 aromatic rings. The standard InChI is InChI=1S/C13H13NO3/c1-3-8-4-5-10-9(6-8)11(7(2)15)12(14-10)13(16)17/h4-6,14H,3H2,1-2H3,(H,16,17). The number of hydrogen-bond acceptors (Lipinski definition) is 2. The number of rotatable bonds is 3. The number of carbonyl (C=O) groups is 2. The van der Waals surface area contributed by atoms with E-state index in [1.807, 2.05) is 25.1 Å². The zero-order valence-electron chi connectivity index (χ0n) is 9.70. The number of aromatic carboxylic acids is 1. The Hall–Kier alpha value is -2.10. The molecular weight excluding hydrogens is 218 g/mol. The van der Waals surface area contributed by atoms with Crippen LogP contribution in [0.5, 0.6) is 0 Å². The molecule has 0 aliphatic heterocycles. The third-order valence-electron chi connectivity index (χ3n) is 2.84. The first-order chi connectivity index (χ1) is 8.04. The van der Waals surface area contributed by atoms with E-state index < -0.39 is 5.97 Å². The molecule has 1 heterocycles. The van der Waals surface area contributed by atoms with Gasteiger partial charge in [-0.2, -0.15) is 0 Å². The van der Waals surface area contributed by atoms with Crippen LogP contribution in [0.1, 0.15) is 40.3 Å². The van der Waals surface area contributed by atoms with Gasteiger partial charge in [0.05, 0.1) is 5.56 Å². The highest BCUT2D eigenvalue weighted by Crippen LogP contribution is 2.24. The maximum Gasteiger partial charge on any atom is 0.353 e. The molecule has 0 saturated heterocycles. The van der Waals surface area contributed by atoms with Gasteiger partial charge in [-0.1, -0.05) is 13.0 Å². The van der Waals surface area contributed by atoms with Gasteiger partial charge in [0.15, 0.2) is 5.78 Å². The van der Waals surface area contributed by atoms with Crippen LogP contribution in [0.2, 0.25) is 0 Å². The SMILES string of the molecule is CCc1ccc2[nH]c(C(=O)O)c(C(C)=O)c2c1. The van der Waals surface area contributed by atoms with Crippen LogP contribution in [0.3, 0.4) is 0 Å². The molecule has 0 amide bonds. The van der Waals surface area contributed by atoms with Gasteiger partial charge in [-0.25, -0.2) is 4.79 Å². The molecule has 17 heavy (non-hydrogen) atoms. The van der Waals surface area contributed by atoms with Crippen LogP contribution in [0.15, 0.2) is 18.2 Å². The summed E-state index contributed by atoms with van der Waals surface area (Å²) in [4.78, 5) is 25.4. The first-order valence-electron chi connectivity index (χ1n) is 5.43. The highest BCUT2D eigenvalue weighted by Gasteiger charge is 2.20. The molecule has 0 atom stereocenters. The number of benzene rings is 1. The third-order valence-corrected chi connectivity index (χ3v) is 2.84. The smallest absolute Gasteiger partial charge is 0.353 e. The second-order valence-corrected chi connectivity index (χ2v) is 3.97. The van der Waals surface area contributed by atoms with Crippen LogP contribution < -0.4 is 0 Å². The minimum absolute atomic E-state index is 0.0271. The number of hydrogen-bond donors (Lipinski definition) is 2. The molecule has 0 aliphatic carbocycles. The lowest BCUT2D eigenvalue weighted by Gasteiger charge is -1.98. The Bertz CT molecular complexity index is 610. The molecule has 0 radical (unpaired) electrons. The fraction of sp³-hybridized carbons (Fsp3) is 0.231. The summed E-state index contributed by atoms with van der Waals surface area (Å²) in [6, 6.07) is 5.61. The Balaban J connectivity index is 2.81. The molecule has 88 valence electrons. The number of aromatic amines is 1. The molecule has 2 N–H and O–H groups in total. The summed E-state index contributed by atoms with van der Waals surface area (Å²) in [6.07, 6.45) is 0.848. The fourth-order valence-electron chi connectivity index (χ4n) is 1.99. The van der Waals surface area contributed by atoms with Gasteiger partial charge in [0.25, 0.3) is 0 Å². The largest absolute Gasteiger partial charge is 0.477 e. The summed E-state index contributed by atoms with van der Waals surface area (Å²) in [7, 11) is 0. The van der Waals surface area contributed by atoms with E-state index in [1.54, 1.807) is 0 Å². The van der Waals surface area contributed by atoms with Crippen molar-refractivity contribution in [3.63, 3.8) is 0 Å². The lowest BCUT2D eigenvalue weighted by Crippen LogP contribution is -2.04. The minimum Gasteiger partial charge on any atom is -0.477 e. The van der Waals surface area contributed by atoms with Gasteiger partial charge in [-0.3, -0.25) is 4.79 Å². The lowest BCUT2D eigenvalue weighted by atomic mass is 10.0. The van der Waals surface area contributed by atoms with Crippen LogP contribution >= 0.6 is 0 Å². The molecule has 0 bridgehead atoms. The summed E-state index contributed by atoms with van der Waals surface area (Å²) in [5.74, 6) is -1.34. The predicted octanol–water partition coefficient (Wildman–Crippen LogP) is 2.63. The van der Waals surface area contributed by atoms with Crippen LogP contribution in [-0.4, -0.2) is 21.8 Å². The Morgan fingerprint density at radius 1 is 1.35 bits per heavy atom. The second kappa shape index (κ2) is 4.05. The Morgan fingerprint density at radius 2 is 2.06 bits per heavy atom. The Kier molecular flexibility index (Phi) is 2.71. The van der Waals surface area contributed by atoms with Crippen LogP contribution in [0.4, 0.5) is 0 Å². The van der Waals surface area contributed by atoms with Gasteiger partial charge >= 0.3 is 5.97 Å². The van der Waals surface area contributed by atoms with E-state index in [-0.39, 0.29) is 17.0 Å². The zero-order chi connectivity index (χ0) is 12.6. The topological polar surface area (TPSA) is 70.2 Å². The summed E-state index contributed by atoms with van der Waals surface area (Å²) < 4.78 is 0. The van der Waals surface area contributed by atoms with Crippen LogP contribution in [0, 0.1) is 0 Å². The average molecular weight is 231 g/mol. The molecule has 0 spiro atoms. The molecule has 2 rings (SSSR count). The highest BCUT2D eigenvalue weighted by atomic mass is 16.4. The Morgan fingerprint density at radius 3 is 2.59 bits per heavy atom. The number of carbonyl (C=O) groups excluding carboxylic acids is 1. The van der Waals surface area contributed by atoms with Crippen molar-refractivity contribution in [1.29, 1.82) is 0 Å². The number of carboxylic acid groups (broad SMARTS) is 1. The van der Waals surface area contributed by atoms with E-state index in [0.717, 1.165) is 12.0 Å². The van der Waals surface area contributed by atoms with Gasteiger partial charge in [0.1, 0.15) is 5.69 Å². The normalized spacial score (nSPS) is 10.7. The zero-order valence-corrected chi connectivity index (χ0v) is 9.70. The molecule has 1 aromatic heterocycles. The number of fused-ring (bicyclic) bond motifs is 1. The van der Waals surface area contributed by atoms with Gasteiger partial charge in [0, 0.05) is 10.9 Å². The quantitative estimate of drug-likeness (QED) is 0.798.